The standard InChI is InChI=1S/C28H29N3O2/c1-15-9-11-20-19(13-15)23-25-24(17-7-5-6-8-18(17)26(23)33-28(20,2)3)30-21-12-10-16(27(32)29-4)14-22(21)31-25/h5-8,10,12,14-15,19-20H,9,11,13H2,1-4H3,(H,29,32)/t15-,19-,20-/m0/s1. The van der Waals surface area contributed by atoms with Crippen molar-refractivity contribution in [2.24, 2.45) is 11.8 Å². The molecule has 3 atom stereocenters. The first-order valence-corrected chi connectivity index (χ1v) is 11.9. The van der Waals surface area contributed by atoms with E-state index < -0.39 is 0 Å². The molecule has 0 bridgehead atoms. The molecule has 5 heteroatoms. The largest absolute Gasteiger partial charge is 0.487 e. The van der Waals surface area contributed by atoms with E-state index in [1.165, 1.54) is 12.0 Å². The van der Waals surface area contributed by atoms with E-state index in [1.54, 1.807) is 7.05 Å². The molecule has 0 unspecified atom stereocenters. The second-order valence-corrected chi connectivity index (χ2v) is 10.3. The summed E-state index contributed by atoms with van der Waals surface area (Å²) in [6.07, 6.45) is 3.53. The first-order valence-electron chi connectivity index (χ1n) is 11.9. The maximum atomic E-state index is 12.2. The zero-order chi connectivity index (χ0) is 22.9. The molecule has 5 nitrogen and oxygen atoms in total. The number of benzene rings is 3. The molecule has 4 aromatic rings. The molecule has 6 rings (SSSR count). The van der Waals surface area contributed by atoms with Crippen LogP contribution >= 0.6 is 0 Å². The number of ether oxygens (including phenoxy) is 1. The van der Waals surface area contributed by atoms with Gasteiger partial charge in [-0.3, -0.25) is 4.79 Å². The Hall–Kier alpha value is -3.21. The van der Waals surface area contributed by atoms with Crippen LogP contribution in [0.4, 0.5) is 0 Å². The topological polar surface area (TPSA) is 64.1 Å². The molecule has 0 radical (unpaired) electrons. The molecule has 2 aliphatic rings. The van der Waals surface area contributed by atoms with E-state index >= 15 is 0 Å². The zero-order valence-corrected chi connectivity index (χ0v) is 19.6. The number of hydrogen-bond acceptors (Lipinski definition) is 4. The van der Waals surface area contributed by atoms with E-state index in [4.69, 9.17) is 14.7 Å². The highest BCUT2D eigenvalue weighted by molar-refractivity contribution is 6.11. The first kappa shape index (κ1) is 20.4. The van der Waals surface area contributed by atoms with Gasteiger partial charge < -0.3 is 10.1 Å². The molecule has 1 saturated carbocycles. The highest BCUT2D eigenvalue weighted by Crippen LogP contribution is 2.56. The minimum Gasteiger partial charge on any atom is -0.487 e. The smallest absolute Gasteiger partial charge is 0.251 e. The van der Waals surface area contributed by atoms with Gasteiger partial charge in [0.05, 0.1) is 22.1 Å². The van der Waals surface area contributed by atoms with Crippen LogP contribution in [-0.4, -0.2) is 28.5 Å². The van der Waals surface area contributed by atoms with Gasteiger partial charge in [-0.25, -0.2) is 9.97 Å². The lowest BCUT2D eigenvalue weighted by Crippen LogP contribution is -2.46. The predicted molar refractivity (Wildman–Crippen MR) is 132 cm³/mol. The SMILES string of the molecule is CNC(=O)c1ccc2nc3c(nc2c1)c1c(c2ccccc23)OC(C)(C)[C@H]2CC[C@H](C)C[C@H]12. The van der Waals surface area contributed by atoms with Gasteiger partial charge in [0.15, 0.2) is 0 Å². The van der Waals surface area contributed by atoms with Gasteiger partial charge >= 0.3 is 0 Å². The third-order valence-corrected chi connectivity index (χ3v) is 7.82. The molecule has 1 aliphatic heterocycles. The molecular weight excluding hydrogens is 410 g/mol. The van der Waals surface area contributed by atoms with Gasteiger partial charge in [-0.2, -0.15) is 0 Å². The van der Waals surface area contributed by atoms with E-state index in [-0.39, 0.29) is 11.5 Å². The summed E-state index contributed by atoms with van der Waals surface area (Å²) < 4.78 is 6.80. The van der Waals surface area contributed by atoms with Crippen molar-refractivity contribution in [2.75, 3.05) is 7.05 Å². The van der Waals surface area contributed by atoms with Crippen molar-refractivity contribution >= 4 is 38.7 Å². The van der Waals surface area contributed by atoms with E-state index in [1.807, 2.05) is 24.3 Å². The van der Waals surface area contributed by atoms with E-state index in [2.05, 4.69) is 44.3 Å². The van der Waals surface area contributed by atoms with Crippen LogP contribution in [0.2, 0.25) is 0 Å². The molecule has 3 aromatic carbocycles. The number of carbonyl (C=O) groups is 1. The fourth-order valence-corrected chi connectivity index (χ4v) is 6.18. The molecule has 33 heavy (non-hydrogen) atoms. The Morgan fingerprint density at radius 3 is 2.58 bits per heavy atom. The first-order chi connectivity index (χ1) is 15.9. The van der Waals surface area contributed by atoms with Gasteiger partial charge in [0, 0.05) is 34.9 Å². The maximum absolute atomic E-state index is 12.2. The Bertz CT molecular complexity index is 1440. The van der Waals surface area contributed by atoms with Crippen molar-refractivity contribution in [2.45, 2.75) is 51.6 Å². The number of aromatic nitrogens is 2. The minimum absolute atomic E-state index is 0.120. The summed E-state index contributed by atoms with van der Waals surface area (Å²) in [5.74, 6) is 2.34. The third kappa shape index (κ3) is 3.01. The summed E-state index contributed by atoms with van der Waals surface area (Å²) in [4.78, 5) is 22.5. The van der Waals surface area contributed by atoms with Gasteiger partial charge in [-0.05, 0) is 56.7 Å². The summed E-state index contributed by atoms with van der Waals surface area (Å²) >= 11 is 0. The normalized spacial score (nSPS) is 23.7. The number of rotatable bonds is 1. The number of hydrogen-bond donors (Lipinski definition) is 1. The van der Waals surface area contributed by atoms with Crippen molar-refractivity contribution in [3.63, 3.8) is 0 Å². The molecule has 1 aromatic heterocycles. The van der Waals surface area contributed by atoms with Crippen molar-refractivity contribution in [1.29, 1.82) is 0 Å². The molecule has 1 fully saturated rings. The zero-order valence-electron chi connectivity index (χ0n) is 19.6. The van der Waals surface area contributed by atoms with Crippen LogP contribution in [0.25, 0.3) is 32.8 Å². The van der Waals surface area contributed by atoms with Crippen LogP contribution in [-0.2, 0) is 0 Å². The van der Waals surface area contributed by atoms with Crippen LogP contribution in [0.3, 0.4) is 0 Å². The monoisotopic (exact) mass is 439 g/mol. The van der Waals surface area contributed by atoms with Gasteiger partial charge in [0.25, 0.3) is 5.91 Å². The van der Waals surface area contributed by atoms with Crippen molar-refractivity contribution in [1.82, 2.24) is 15.3 Å². The Labute approximate surface area is 193 Å². The highest BCUT2D eigenvalue weighted by Gasteiger charge is 2.47. The number of nitrogens with zero attached hydrogens (tertiary/aromatic N) is 2. The fourth-order valence-electron chi connectivity index (χ4n) is 6.18. The summed E-state index contributed by atoms with van der Waals surface area (Å²) in [5.41, 5.74) is 4.95. The number of nitrogens with one attached hydrogen (secondary N) is 1. The molecule has 0 saturated heterocycles. The molecular formula is C28H29N3O2. The molecule has 0 spiro atoms. The van der Waals surface area contributed by atoms with Crippen LogP contribution < -0.4 is 10.1 Å². The van der Waals surface area contributed by atoms with E-state index in [9.17, 15) is 4.79 Å². The Balaban J connectivity index is 1.72. The Morgan fingerprint density at radius 1 is 1.03 bits per heavy atom. The van der Waals surface area contributed by atoms with Crippen molar-refractivity contribution < 1.29 is 9.53 Å². The van der Waals surface area contributed by atoms with Gasteiger partial charge in [-0.1, -0.05) is 37.6 Å². The molecule has 1 N–H and O–H groups in total. The number of fused-ring (bicyclic) bond motifs is 9. The predicted octanol–water partition coefficient (Wildman–Crippen LogP) is 5.99. The van der Waals surface area contributed by atoms with Gasteiger partial charge in [-0.15, -0.1) is 0 Å². The Kier molecular flexibility index (Phi) is 4.42. The third-order valence-electron chi connectivity index (χ3n) is 7.82. The average molecular weight is 440 g/mol. The minimum atomic E-state index is -0.231. The van der Waals surface area contributed by atoms with Crippen LogP contribution in [0.1, 0.15) is 61.9 Å². The maximum Gasteiger partial charge on any atom is 0.251 e. The van der Waals surface area contributed by atoms with E-state index in [0.29, 0.717) is 23.3 Å². The second-order valence-electron chi connectivity index (χ2n) is 10.3. The molecule has 168 valence electrons. The summed E-state index contributed by atoms with van der Waals surface area (Å²) in [5, 5.41) is 4.88. The Morgan fingerprint density at radius 2 is 1.79 bits per heavy atom. The number of carbonyl (C=O) groups excluding carboxylic acids is 1. The van der Waals surface area contributed by atoms with Crippen LogP contribution in [0.5, 0.6) is 5.75 Å². The van der Waals surface area contributed by atoms with Crippen molar-refractivity contribution in [3.05, 3.63) is 53.6 Å². The summed E-state index contributed by atoms with van der Waals surface area (Å²) in [6, 6.07) is 13.9. The lowest BCUT2D eigenvalue weighted by molar-refractivity contribution is -0.0115. The summed E-state index contributed by atoms with van der Waals surface area (Å²) in [6.45, 7) is 6.84. The fraction of sp³-hybridized carbons (Fsp3) is 0.393. The average Bonchev–Trinajstić information content (AvgIpc) is 2.81. The summed E-state index contributed by atoms with van der Waals surface area (Å²) in [7, 11) is 1.64. The van der Waals surface area contributed by atoms with Gasteiger partial charge in [0.2, 0.25) is 0 Å². The second kappa shape index (κ2) is 7.14. The van der Waals surface area contributed by atoms with E-state index in [0.717, 1.165) is 51.4 Å². The molecule has 1 aliphatic carbocycles. The van der Waals surface area contributed by atoms with Crippen LogP contribution in [0.15, 0.2) is 42.5 Å². The van der Waals surface area contributed by atoms with Crippen molar-refractivity contribution in [3.8, 4) is 5.75 Å². The lowest BCUT2D eigenvalue weighted by atomic mass is 9.64. The lowest BCUT2D eigenvalue weighted by Gasteiger charge is -2.49. The quantitative estimate of drug-likeness (QED) is 0.292. The highest BCUT2D eigenvalue weighted by atomic mass is 16.5. The van der Waals surface area contributed by atoms with Gasteiger partial charge in [0.1, 0.15) is 11.4 Å². The number of amides is 1. The molecule has 1 amide bonds. The van der Waals surface area contributed by atoms with Crippen LogP contribution in [0, 0.1) is 11.8 Å². The molecule has 2 heterocycles.